The van der Waals surface area contributed by atoms with Crippen LogP contribution in [0.4, 0.5) is 5.82 Å². The van der Waals surface area contributed by atoms with E-state index in [0.29, 0.717) is 29.3 Å². The molecule has 5 nitrogen and oxygen atoms in total. The highest BCUT2D eigenvalue weighted by atomic mass is 16.3. The van der Waals surface area contributed by atoms with Gasteiger partial charge in [-0.25, -0.2) is 4.68 Å². The number of nitrogen functional groups attached to an aromatic ring is 1. The average molecular weight is 287 g/mol. The third-order valence-electron chi connectivity index (χ3n) is 3.83. The van der Waals surface area contributed by atoms with Gasteiger partial charge in [-0.05, 0) is 17.9 Å². The maximum Gasteiger partial charge on any atom is 0.156 e. The molecular formula is C16H21N3O2. The number of aldehydes is 1. The number of anilines is 1. The number of carbonyl (C=O) groups is 1. The standard InChI is InChI=1S/C16H21N3O2/c1-3-11(2)12-4-6-13(7-5-12)15-14(10-21)16(17)19(18-15)8-9-20/h4-7,10-11,20H,3,8-9,17H2,1-2H3. The predicted molar refractivity (Wildman–Crippen MR) is 83.3 cm³/mol. The SMILES string of the molecule is CCC(C)c1ccc(-c2nn(CCO)c(N)c2C=O)cc1. The average Bonchev–Trinajstić information content (AvgIpc) is 2.83. The zero-order valence-electron chi connectivity index (χ0n) is 12.4. The lowest BCUT2D eigenvalue weighted by molar-refractivity contribution is 0.112. The Labute approximate surface area is 124 Å². The number of aliphatic hydroxyl groups excluding tert-OH is 1. The van der Waals surface area contributed by atoms with Crippen molar-refractivity contribution in [3.63, 3.8) is 0 Å². The van der Waals surface area contributed by atoms with E-state index in [9.17, 15) is 4.79 Å². The number of nitrogens with two attached hydrogens (primary N) is 1. The molecule has 1 aromatic heterocycles. The van der Waals surface area contributed by atoms with Crippen LogP contribution < -0.4 is 5.73 Å². The first-order valence-electron chi connectivity index (χ1n) is 7.15. The van der Waals surface area contributed by atoms with E-state index in [1.165, 1.54) is 10.2 Å². The highest BCUT2D eigenvalue weighted by Gasteiger charge is 2.16. The van der Waals surface area contributed by atoms with Gasteiger partial charge in [-0.1, -0.05) is 38.1 Å². The summed E-state index contributed by atoms with van der Waals surface area (Å²) < 4.78 is 1.46. The minimum Gasteiger partial charge on any atom is -0.394 e. The van der Waals surface area contributed by atoms with Crippen LogP contribution in [-0.4, -0.2) is 27.8 Å². The monoisotopic (exact) mass is 287 g/mol. The molecule has 0 fully saturated rings. The van der Waals surface area contributed by atoms with Crippen molar-refractivity contribution in [3.8, 4) is 11.3 Å². The summed E-state index contributed by atoms with van der Waals surface area (Å²) in [5, 5.41) is 13.3. The number of nitrogens with zero attached hydrogens (tertiary/aromatic N) is 2. The maximum absolute atomic E-state index is 11.3. The van der Waals surface area contributed by atoms with Crippen molar-refractivity contribution in [1.29, 1.82) is 0 Å². The van der Waals surface area contributed by atoms with Crippen molar-refractivity contribution in [2.75, 3.05) is 12.3 Å². The molecule has 1 aromatic carbocycles. The Morgan fingerprint density at radius 1 is 1.38 bits per heavy atom. The molecule has 0 aliphatic carbocycles. The third-order valence-corrected chi connectivity index (χ3v) is 3.83. The molecule has 0 aliphatic heterocycles. The lowest BCUT2D eigenvalue weighted by Crippen LogP contribution is -2.08. The smallest absolute Gasteiger partial charge is 0.156 e. The molecule has 0 amide bonds. The lowest BCUT2D eigenvalue weighted by Gasteiger charge is -2.09. The van der Waals surface area contributed by atoms with E-state index in [1.807, 2.05) is 12.1 Å². The van der Waals surface area contributed by atoms with E-state index < -0.39 is 0 Å². The normalized spacial score (nSPS) is 12.3. The van der Waals surface area contributed by atoms with Crippen LogP contribution in [0, 0.1) is 0 Å². The molecule has 0 bridgehead atoms. The molecule has 21 heavy (non-hydrogen) atoms. The molecular weight excluding hydrogens is 266 g/mol. The Morgan fingerprint density at radius 2 is 2.05 bits per heavy atom. The molecule has 0 saturated carbocycles. The summed E-state index contributed by atoms with van der Waals surface area (Å²) >= 11 is 0. The fraction of sp³-hybridized carbons (Fsp3) is 0.375. The van der Waals surface area contributed by atoms with Crippen LogP contribution in [0.1, 0.15) is 42.1 Å². The van der Waals surface area contributed by atoms with Gasteiger partial charge in [-0.3, -0.25) is 4.79 Å². The van der Waals surface area contributed by atoms with Gasteiger partial charge in [0.1, 0.15) is 11.5 Å². The van der Waals surface area contributed by atoms with Crippen LogP contribution in [-0.2, 0) is 6.54 Å². The molecule has 5 heteroatoms. The van der Waals surface area contributed by atoms with Crippen molar-refractivity contribution in [1.82, 2.24) is 9.78 Å². The Bertz CT molecular complexity index is 617. The number of rotatable bonds is 6. The van der Waals surface area contributed by atoms with Crippen molar-refractivity contribution in [2.24, 2.45) is 0 Å². The number of carbonyl (C=O) groups excluding carboxylic acids is 1. The second-order valence-electron chi connectivity index (χ2n) is 5.14. The van der Waals surface area contributed by atoms with E-state index in [2.05, 4.69) is 31.1 Å². The number of hydrogen-bond acceptors (Lipinski definition) is 4. The summed E-state index contributed by atoms with van der Waals surface area (Å²) in [5.74, 6) is 0.793. The van der Waals surface area contributed by atoms with Gasteiger partial charge in [-0.15, -0.1) is 0 Å². The molecule has 0 spiro atoms. The topological polar surface area (TPSA) is 81.1 Å². The van der Waals surface area contributed by atoms with Gasteiger partial charge in [0.05, 0.1) is 18.7 Å². The summed E-state index contributed by atoms with van der Waals surface area (Å²) in [5.41, 5.74) is 8.95. The summed E-state index contributed by atoms with van der Waals surface area (Å²) in [7, 11) is 0. The van der Waals surface area contributed by atoms with E-state index in [4.69, 9.17) is 10.8 Å². The Balaban J connectivity index is 2.41. The lowest BCUT2D eigenvalue weighted by atomic mass is 9.96. The first-order valence-corrected chi connectivity index (χ1v) is 7.15. The van der Waals surface area contributed by atoms with Crippen molar-refractivity contribution >= 4 is 12.1 Å². The molecule has 0 aliphatic rings. The molecule has 3 N–H and O–H groups in total. The van der Waals surface area contributed by atoms with Gasteiger partial charge in [0.2, 0.25) is 0 Å². The first kappa shape index (κ1) is 15.3. The zero-order chi connectivity index (χ0) is 15.4. The minimum atomic E-state index is -0.0728. The van der Waals surface area contributed by atoms with Gasteiger partial charge in [-0.2, -0.15) is 5.10 Å². The van der Waals surface area contributed by atoms with Gasteiger partial charge >= 0.3 is 0 Å². The summed E-state index contributed by atoms with van der Waals surface area (Å²) in [6.07, 6.45) is 1.80. The quantitative estimate of drug-likeness (QED) is 0.800. The molecule has 1 heterocycles. The molecule has 2 aromatic rings. The zero-order valence-corrected chi connectivity index (χ0v) is 12.4. The van der Waals surface area contributed by atoms with Crippen LogP contribution >= 0.6 is 0 Å². The third kappa shape index (κ3) is 2.97. The van der Waals surface area contributed by atoms with Gasteiger partial charge in [0, 0.05) is 5.56 Å². The number of aliphatic hydroxyl groups is 1. The Hall–Kier alpha value is -2.14. The van der Waals surface area contributed by atoms with Crippen LogP contribution in [0.15, 0.2) is 24.3 Å². The second-order valence-corrected chi connectivity index (χ2v) is 5.14. The van der Waals surface area contributed by atoms with Crippen LogP contribution in [0.25, 0.3) is 11.3 Å². The Morgan fingerprint density at radius 3 is 2.57 bits per heavy atom. The largest absolute Gasteiger partial charge is 0.394 e. The van der Waals surface area contributed by atoms with Gasteiger partial charge in [0.15, 0.2) is 6.29 Å². The number of hydrogen-bond donors (Lipinski definition) is 2. The summed E-state index contributed by atoms with van der Waals surface area (Å²) in [6.45, 7) is 4.54. The minimum absolute atomic E-state index is 0.0728. The van der Waals surface area contributed by atoms with Crippen LogP contribution in [0.2, 0.25) is 0 Å². The fourth-order valence-electron chi connectivity index (χ4n) is 2.29. The van der Waals surface area contributed by atoms with Crippen LogP contribution in [0.5, 0.6) is 0 Å². The van der Waals surface area contributed by atoms with E-state index >= 15 is 0 Å². The maximum atomic E-state index is 11.3. The molecule has 112 valence electrons. The molecule has 2 rings (SSSR count). The van der Waals surface area contributed by atoms with Crippen LogP contribution in [0.3, 0.4) is 0 Å². The van der Waals surface area contributed by atoms with Gasteiger partial charge < -0.3 is 10.8 Å². The molecule has 1 unspecified atom stereocenters. The summed E-state index contributed by atoms with van der Waals surface area (Å²) in [6, 6.07) is 8.03. The Kier molecular flexibility index (Phi) is 4.75. The summed E-state index contributed by atoms with van der Waals surface area (Å²) in [4.78, 5) is 11.3. The number of benzene rings is 1. The predicted octanol–water partition coefficient (Wildman–Crippen LogP) is 2.45. The fourth-order valence-corrected chi connectivity index (χ4v) is 2.29. The van der Waals surface area contributed by atoms with E-state index in [0.717, 1.165) is 12.0 Å². The highest BCUT2D eigenvalue weighted by molar-refractivity contribution is 5.91. The van der Waals surface area contributed by atoms with Gasteiger partial charge in [0.25, 0.3) is 0 Å². The van der Waals surface area contributed by atoms with E-state index in [1.54, 1.807) is 0 Å². The number of aromatic nitrogens is 2. The molecule has 0 saturated heterocycles. The first-order chi connectivity index (χ1) is 10.1. The van der Waals surface area contributed by atoms with Crippen molar-refractivity contribution in [3.05, 3.63) is 35.4 Å². The highest BCUT2D eigenvalue weighted by Crippen LogP contribution is 2.28. The molecule has 0 radical (unpaired) electrons. The van der Waals surface area contributed by atoms with E-state index in [-0.39, 0.29) is 13.2 Å². The van der Waals surface area contributed by atoms with Crippen molar-refractivity contribution < 1.29 is 9.90 Å². The van der Waals surface area contributed by atoms with Crippen molar-refractivity contribution in [2.45, 2.75) is 32.7 Å². The second kappa shape index (κ2) is 6.54. The molecule has 1 atom stereocenters.